The summed E-state index contributed by atoms with van der Waals surface area (Å²) in [6, 6.07) is 15.1. The number of alkyl halides is 3. The Balaban J connectivity index is 1.70. The summed E-state index contributed by atoms with van der Waals surface area (Å²) in [6.45, 7) is -0.579. The highest BCUT2D eigenvalue weighted by Gasteiger charge is 2.30. The Morgan fingerprint density at radius 3 is 2.13 bits per heavy atom. The second-order valence-corrected chi connectivity index (χ2v) is 7.28. The smallest absolute Gasteiger partial charge is 0.416 e. The van der Waals surface area contributed by atoms with Gasteiger partial charge in [0.1, 0.15) is 0 Å². The molecule has 0 aliphatic carbocycles. The molecule has 0 saturated carbocycles. The normalized spacial score (nSPS) is 11.1. The largest absolute Gasteiger partial charge is 0.452 e. The monoisotopic (exact) mass is 467 g/mol. The minimum atomic E-state index is -4.46. The summed E-state index contributed by atoms with van der Waals surface area (Å²) in [5, 5.41) is 3.15. The van der Waals surface area contributed by atoms with E-state index in [1.807, 2.05) is 0 Å². The van der Waals surface area contributed by atoms with Crippen LogP contribution in [0.5, 0.6) is 0 Å². The van der Waals surface area contributed by atoms with Gasteiger partial charge < -0.3 is 10.1 Å². The number of carbonyl (C=O) groups excluding carboxylic acids is 2. The van der Waals surface area contributed by atoms with Crippen LogP contribution < -0.4 is 5.32 Å². The van der Waals surface area contributed by atoms with Crippen molar-refractivity contribution in [1.29, 1.82) is 0 Å². The molecule has 0 aromatic heterocycles. The van der Waals surface area contributed by atoms with Crippen molar-refractivity contribution in [3.63, 3.8) is 0 Å². The number of ether oxygens (including phenoxy) is 1. The summed E-state index contributed by atoms with van der Waals surface area (Å²) in [5.74, 6) is -1.41. The van der Waals surface area contributed by atoms with Crippen LogP contribution in [0.3, 0.4) is 0 Å². The maximum Gasteiger partial charge on any atom is 0.416 e. The molecule has 0 spiro atoms. The van der Waals surface area contributed by atoms with Crippen LogP contribution in [0.25, 0.3) is 11.1 Å². The van der Waals surface area contributed by atoms with Crippen molar-refractivity contribution in [2.45, 2.75) is 6.18 Å². The second kappa shape index (κ2) is 9.41. The third-order valence-corrected chi connectivity index (χ3v) is 4.59. The van der Waals surface area contributed by atoms with Crippen LogP contribution in [0.1, 0.15) is 15.9 Å². The van der Waals surface area contributed by atoms with Crippen molar-refractivity contribution in [3.8, 4) is 11.1 Å². The molecule has 31 heavy (non-hydrogen) atoms. The molecule has 3 aromatic carbocycles. The van der Waals surface area contributed by atoms with Crippen LogP contribution in [0, 0.1) is 0 Å². The van der Waals surface area contributed by atoms with Crippen LogP contribution in [-0.4, -0.2) is 18.5 Å². The molecule has 0 fully saturated rings. The number of nitrogens with one attached hydrogen (secondary N) is 1. The van der Waals surface area contributed by atoms with Gasteiger partial charge in [-0.3, -0.25) is 4.79 Å². The first-order chi connectivity index (χ1) is 14.6. The Bertz CT molecular complexity index is 1100. The average Bonchev–Trinajstić information content (AvgIpc) is 2.71. The fourth-order valence-electron chi connectivity index (χ4n) is 2.78. The van der Waals surface area contributed by atoms with Crippen molar-refractivity contribution in [2.24, 2.45) is 0 Å². The predicted molar refractivity (Wildman–Crippen MR) is 112 cm³/mol. The Hall–Kier alpha value is -3.03. The molecule has 3 rings (SSSR count). The molecular weight excluding hydrogens is 454 g/mol. The number of carbonyl (C=O) groups is 2. The van der Waals surface area contributed by atoms with E-state index in [1.165, 1.54) is 36.4 Å². The zero-order chi connectivity index (χ0) is 22.6. The number of anilines is 1. The molecule has 3 aromatic rings. The molecule has 1 N–H and O–H groups in total. The first-order valence-corrected chi connectivity index (χ1v) is 9.59. The summed E-state index contributed by atoms with van der Waals surface area (Å²) in [7, 11) is 0. The molecule has 0 aliphatic heterocycles. The van der Waals surface area contributed by atoms with E-state index >= 15 is 0 Å². The number of hydrogen-bond acceptors (Lipinski definition) is 3. The van der Waals surface area contributed by atoms with Gasteiger partial charge in [0, 0.05) is 15.7 Å². The summed E-state index contributed by atoms with van der Waals surface area (Å²) >= 11 is 11.7. The number of rotatable bonds is 5. The van der Waals surface area contributed by atoms with Crippen molar-refractivity contribution >= 4 is 40.8 Å². The molecule has 0 aliphatic rings. The summed E-state index contributed by atoms with van der Waals surface area (Å²) < 4.78 is 43.4. The third-order valence-electron chi connectivity index (χ3n) is 4.15. The maximum atomic E-state index is 12.8. The van der Waals surface area contributed by atoms with Gasteiger partial charge in [0.25, 0.3) is 5.91 Å². The standard InChI is InChI=1S/C22H14Cl2F3NO3/c23-15-9-16(24)11-17(10-15)28-20(29)12-31-21(30)19-4-2-1-3-18(19)13-5-7-14(8-6-13)22(25,26)27/h1-11H,12H2,(H,28,29). The zero-order valence-electron chi connectivity index (χ0n) is 15.7. The number of hydrogen-bond donors (Lipinski definition) is 1. The van der Waals surface area contributed by atoms with Gasteiger partial charge in [-0.25, -0.2) is 4.79 Å². The van der Waals surface area contributed by atoms with Crippen LogP contribution in [0.2, 0.25) is 10.0 Å². The minimum absolute atomic E-state index is 0.112. The van der Waals surface area contributed by atoms with E-state index in [2.05, 4.69) is 5.32 Å². The lowest BCUT2D eigenvalue weighted by Crippen LogP contribution is -2.21. The van der Waals surface area contributed by atoms with E-state index in [0.717, 1.165) is 12.1 Å². The SMILES string of the molecule is O=C(COC(=O)c1ccccc1-c1ccc(C(F)(F)F)cc1)Nc1cc(Cl)cc(Cl)c1. The first kappa shape index (κ1) is 22.7. The van der Waals surface area contributed by atoms with Crippen LogP contribution in [0.15, 0.2) is 66.7 Å². The van der Waals surface area contributed by atoms with Crippen LogP contribution in [0.4, 0.5) is 18.9 Å². The van der Waals surface area contributed by atoms with Crippen LogP contribution >= 0.6 is 23.2 Å². The van der Waals surface area contributed by atoms with E-state index in [1.54, 1.807) is 18.2 Å². The van der Waals surface area contributed by atoms with Gasteiger partial charge in [0.15, 0.2) is 6.61 Å². The number of amides is 1. The molecule has 0 saturated heterocycles. The minimum Gasteiger partial charge on any atom is -0.452 e. The lowest BCUT2D eigenvalue weighted by Gasteiger charge is -2.12. The molecule has 1 amide bonds. The third kappa shape index (κ3) is 5.99. The molecular formula is C22H14Cl2F3NO3. The Labute approximate surface area is 185 Å². The van der Waals surface area contributed by atoms with Crippen molar-refractivity contribution in [1.82, 2.24) is 0 Å². The van der Waals surface area contributed by atoms with Gasteiger partial charge in [-0.1, -0.05) is 53.5 Å². The Morgan fingerprint density at radius 2 is 1.52 bits per heavy atom. The fraction of sp³-hybridized carbons (Fsp3) is 0.0909. The van der Waals surface area contributed by atoms with E-state index in [4.69, 9.17) is 27.9 Å². The highest BCUT2D eigenvalue weighted by Crippen LogP contribution is 2.32. The Kier molecular flexibility index (Phi) is 6.87. The highest BCUT2D eigenvalue weighted by atomic mass is 35.5. The average molecular weight is 468 g/mol. The van der Waals surface area contributed by atoms with Gasteiger partial charge in [-0.2, -0.15) is 13.2 Å². The lowest BCUT2D eigenvalue weighted by molar-refractivity contribution is -0.137. The van der Waals surface area contributed by atoms with Gasteiger partial charge in [0.05, 0.1) is 11.1 Å². The molecule has 0 atom stereocenters. The van der Waals surface area contributed by atoms with Gasteiger partial charge in [-0.05, 0) is 47.5 Å². The van der Waals surface area contributed by atoms with E-state index in [0.29, 0.717) is 26.9 Å². The molecule has 0 heterocycles. The van der Waals surface area contributed by atoms with Crippen molar-refractivity contribution < 1.29 is 27.5 Å². The van der Waals surface area contributed by atoms with Crippen molar-refractivity contribution in [2.75, 3.05) is 11.9 Å². The molecule has 4 nitrogen and oxygen atoms in total. The number of halogens is 5. The Morgan fingerprint density at radius 1 is 0.903 bits per heavy atom. The van der Waals surface area contributed by atoms with Crippen molar-refractivity contribution in [3.05, 3.63) is 87.9 Å². The lowest BCUT2D eigenvalue weighted by atomic mass is 9.98. The fourth-order valence-corrected chi connectivity index (χ4v) is 3.31. The van der Waals surface area contributed by atoms with Gasteiger partial charge in [0.2, 0.25) is 0 Å². The molecule has 0 bridgehead atoms. The second-order valence-electron chi connectivity index (χ2n) is 6.40. The predicted octanol–water partition coefficient (Wildman–Crippen LogP) is 6.47. The summed E-state index contributed by atoms with van der Waals surface area (Å²) in [6.07, 6.45) is -4.46. The first-order valence-electron chi connectivity index (χ1n) is 8.83. The number of benzene rings is 3. The van der Waals surface area contributed by atoms with Gasteiger partial charge >= 0.3 is 12.1 Å². The molecule has 160 valence electrons. The molecule has 9 heteroatoms. The summed E-state index contributed by atoms with van der Waals surface area (Å²) in [4.78, 5) is 24.6. The van der Waals surface area contributed by atoms with E-state index in [-0.39, 0.29) is 5.56 Å². The van der Waals surface area contributed by atoms with Crippen LogP contribution in [-0.2, 0) is 15.7 Å². The number of esters is 1. The zero-order valence-corrected chi connectivity index (χ0v) is 17.2. The van der Waals surface area contributed by atoms with E-state index in [9.17, 15) is 22.8 Å². The quantitative estimate of drug-likeness (QED) is 0.437. The van der Waals surface area contributed by atoms with Gasteiger partial charge in [-0.15, -0.1) is 0 Å². The summed E-state index contributed by atoms with van der Waals surface area (Å²) in [5.41, 5.74) is 0.431. The molecule has 0 unspecified atom stereocenters. The molecule has 0 radical (unpaired) electrons. The maximum absolute atomic E-state index is 12.8. The highest BCUT2D eigenvalue weighted by molar-refractivity contribution is 6.35. The van der Waals surface area contributed by atoms with E-state index < -0.39 is 30.2 Å². The topological polar surface area (TPSA) is 55.4 Å².